The molecule has 1 heterocycles. The van der Waals surface area contributed by atoms with Crippen molar-refractivity contribution in [2.75, 3.05) is 5.73 Å². The maximum Gasteiger partial charge on any atom is 0.141 e. The highest BCUT2D eigenvalue weighted by atomic mass is 14.8. The zero-order valence-electron chi connectivity index (χ0n) is 8.67. The van der Waals surface area contributed by atoms with Crippen LogP contribution in [0.25, 0.3) is 0 Å². The lowest BCUT2D eigenvalue weighted by molar-refractivity contribution is 0.859. The summed E-state index contributed by atoms with van der Waals surface area (Å²) in [6.45, 7) is 4.17. The number of aryl methyl sites for hydroxylation is 2. The number of hydrogen-bond donors (Lipinski definition) is 1. The van der Waals surface area contributed by atoms with E-state index in [4.69, 9.17) is 11.0 Å². The third-order valence-corrected chi connectivity index (χ3v) is 2.21. The molecular weight excluding hydrogens is 174 g/mol. The number of nitrogen functional groups attached to an aromatic ring is 1. The van der Waals surface area contributed by atoms with Crippen LogP contribution < -0.4 is 5.73 Å². The summed E-state index contributed by atoms with van der Waals surface area (Å²) in [5.74, 6) is 0.355. The molecule has 0 saturated carbocycles. The molecule has 0 spiro atoms. The van der Waals surface area contributed by atoms with Gasteiger partial charge < -0.3 is 5.73 Å². The van der Waals surface area contributed by atoms with Gasteiger partial charge in [0.15, 0.2) is 0 Å². The molecule has 3 nitrogen and oxygen atoms in total. The molecule has 0 radical (unpaired) electrons. The number of nitrogens with two attached hydrogens (primary N) is 1. The molecule has 0 bridgehead atoms. The van der Waals surface area contributed by atoms with Gasteiger partial charge in [0.05, 0.1) is 5.56 Å². The van der Waals surface area contributed by atoms with E-state index in [2.05, 4.69) is 24.9 Å². The van der Waals surface area contributed by atoms with Crippen LogP contribution in [0, 0.1) is 11.3 Å². The van der Waals surface area contributed by atoms with E-state index in [1.54, 1.807) is 0 Å². The van der Waals surface area contributed by atoms with Gasteiger partial charge in [-0.1, -0.05) is 20.3 Å². The Kier molecular flexibility index (Phi) is 3.47. The average Bonchev–Trinajstić information content (AvgIpc) is 2.19. The van der Waals surface area contributed by atoms with Crippen molar-refractivity contribution in [1.29, 1.82) is 5.26 Å². The van der Waals surface area contributed by atoms with Crippen molar-refractivity contribution < 1.29 is 0 Å². The molecule has 14 heavy (non-hydrogen) atoms. The lowest BCUT2D eigenvalue weighted by Gasteiger charge is -2.07. The minimum absolute atomic E-state index is 0.355. The molecule has 0 unspecified atom stereocenters. The van der Waals surface area contributed by atoms with Gasteiger partial charge in [-0.05, 0) is 24.5 Å². The molecular formula is C11H15N3. The summed E-state index contributed by atoms with van der Waals surface area (Å²) in [7, 11) is 0. The summed E-state index contributed by atoms with van der Waals surface area (Å²) in [5, 5.41) is 8.79. The van der Waals surface area contributed by atoms with E-state index in [0.717, 1.165) is 30.5 Å². The van der Waals surface area contributed by atoms with Gasteiger partial charge in [0.2, 0.25) is 0 Å². The maximum atomic E-state index is 8.79. The van der Waals surface area contributed by atoms with Crippen LogP contribution in [-0.2, 0) is 12.8 Å². The van der Waals surface area contributed by atoms with Crippen molar-refractivity contribution in [3.63, 3.8) is 0 Å². The largest absolute Gasteiger partial charge is 0.383 e. The minimum Gasteiger partial charge on any atom is -0.383 e. The van der Waals surface area contributed by atoms with Gasteiger partial charge in [-0.2, -0.15) is 5.26 Å². The first kappa shape index (κ1) is 10.5. The molecule has 0 fully saturated rings. The van der Waals surface area contributed by atoms with Gasteiger partial charge in [-0.3, -0.25) is 0 Å². The van der Waals surface area contributed by atoms with E-state index >= 15 is 0 Å². The van der Waals surface area contributed by atoms with Crippen LogP contribution in [-0.4, -0.2) is 4.98 Å². The van der Waals surface area contributed by atoms with Crippen LogP contribution in [0.15, 0.2) is 6.07 Å². The number of nitrogens with zero attached hydrogens (tertiary/aromatic N) is 2. The third-order valence-electron chi connectivity index (χ3n) is 2.21. The second-order valence-corrected chi connectivity index (χ2v) is 3.24. The van der Waals surface area contributed by atoms with Crippen LogP contribution in [0.4, 0.5) is 5.82 Å². The summed E-state index contributed by atoms with van der Waals surface area (Å²) < 4.78 is 0. The predicted octanol–water partition coefficient (Wildman–Crippen LogP) is 2.05. The van der Waals surface area contributed by atoms with Gasteiger partial charge in [0.1, 0.15) is 11.9 Å². The van der Waals surface area contributed by atoms with Crippen molar-refractivity contribution >= 4 is 5.82 Å². The Morgan fingerprint density at radius 1 is 1.50 bits per heavy atom. The first-order valence-corrected chi connectivity index (χ1v) is 4.91. The maximum absolute atomic E-state index is 8.79. The Balaban J connectivity index is 3.18. The molecule has 0 amide bonds. The van der Waals surface area contributed by atoms with Crippen molar-refractivity contribution in [2.24, 2.45) is 0 Å². The van der Waals surface area contributed by atoms with E-state index in [1.807, 2.05) is 6.07 Å². The van der Waals surface area contributed by atoms with Crippen LogP contribution >= 0.6 is 0 Å². The number of hydrogen-bond acceptors (Lipinski definition) is 3. The van der Waals surface area contributed by atoms with Crippen molar-refractivity contribution in [1.82, 2.24) is 4.98 Å². The zero-order chi connectivity index (χ0) is 10.6. The Bertz CT molecular complexity index is 364. The van der Waals surface area contributed by atoms with E-state index in [0.29, 0.717) is 11.4 Å². The Morgan fingerprint density at radius 3 is 2.71 bits per heavy atom. The quantitative estimate of drug-likeness (QED) is 0.791. The van der Waals surface area contributed by atoms with Gasteiger partial charge in [0.25, 0.3) is 0 Å². The second kappa shape index (κ2) is 4.61. The highest BCUT2D eigenvalue weighted by molar-refractivity contribution is 5.51. The lowest BCUT2D eigenvalue weighted by atomic mass is 10.0. The lowest BCUT2D eigenvalue weighted by Crippen LogP contribution is -2.03. The topological polar surface area (TPSA) is 62.7 Å². The molecule has 1 aromatic heterocycles. The van der Waals surface area contributed by atoms with Crippen LogP contribution in [0.1, 0.15) is 37.1 Å². The monoisotopic (exact) mass is 189 g/mol. The molecule has 1 rings (SSSR count). The smallest absolute Gasteiger partial charge is 0.141 e. The van der Waals surface area contributed by atoms with Gasteiger partial charge in [0, 0.05) is 5.69 Å². The van der Waals surface area contributed by atoms with E-state index < -0.39 is 0 Å². The first-order valence-electron chi connectivity index (χ1n) is 4.91. The molecule has 1 aromatic rings. The standard InChI is InChI=1S/C11H15N3/c1-3-5-10-8(4-2)6-9(7-12)11(13)14-10/h6H,3-5H2,1-2H3,(H2,13,14). The van der Waals surface area contributed by atoms with Crippen LogP contribution in [0.5, 0.6) is 0 Å². The fourth-order valence-corrected chi connectivity index (χ4v) is 1.46. The molecule has 74 valence electrons. The number of nitriles is 1. The molecule has 0 aliphatic rings. The SMILES string of the molecule is CCCc1nc(N)c(C#N)cc1CC. The number of pyridine rings is 1. The zero-order valence-corrected chi connectivity index (χ0v) is 8.67. The first-order chi connectivity index (χ1) is 6.72. The van der Waals surface area contributed by atoms with Crippen molar-refractivity contribution in [3.05, 3.63) is 22.9 Å². The molecule has 3 heteroatoms. The van der Waals surface area contributed by atoms with Crippen molar-refractivity contribution in [2.45, 2.75) is 33.1 Å². The summed E-state index contributed by atoms with van der Waals surface area (Å²) >= 11 is 0. The molecule has 0 atom stereocenters. The fourth-order valence-electron chi connectivity index (χ4n) is 1.46. The normalized spacial score (nSPS) is 9.79. The Labute approximate surface area is 84.6 Å². The number of aromatic nitrogens is 1. The number of anilines is 1. The molecule has 2 N–H and O–H groups in total. The summed E-state index contributed by atoms with van der Waals surface area (Å²) in [4.78, 5) is 4.26. The van der Waals surface area contributed by atoms with E-state index in [1.165, 1.54) is 0 Å². The van der Waals surface area contributed by atoms with Gasteiger partial charge in [-0.15, -0.1) is 0 Å². The number of rotatable bonds is 3. The van der Waals surface area contributed by atoms with E-state index in [9.17, 15) is 0 Å². The van der Waals surface area contributed by atoms with E-state index in [-0.39, 0.29) is 0 Å². The molecule has 0 saturated heterocycles. The highest BCUT2D eigenvalue weighted by Gasteiger charge is 2.07. The Morgan fingerprint density at radius 2 is 2.21 bits per heavy atom. The Hall–Kier alpha value is -1.56. The minimum atomic E-state index is 0.355. The van der Waals surface area contributed by atoms with Crippen LogP contribution in [0.2, 0.25) is 0 Å². The summed E-state index contributed by atoms with van der Waals surface area (Å²) in [6, 6.07) is 3.91. The van der Waals surface area contributed by atoms with Gasteiger partial charge >= 0.3 is 0 Å². The summed E-state index contributed by atoms with van der Waals surface area (Å²) in [5.41, 5.74) is 8.31. The highest BCUT2D eigenvalue weighted by Crippen LogP contribution is 2.16. The van der Waals surface area contributed by atoms with Crippen molar-refractivity contribution in [3.8, 4) is 6.07 Å². The molecule has 0 aliphatic carbocycles. The average molecular weight is 189 g/mol. The van der Waals surface area contributed by atoms with Crippen LogP contribution in [0.3, 0.4) is 0 Å². The summed E-state index contributed by atoms with van der Waals surface area (Å²) in [6.07, 6.45) is 2.88. The van der Waals surface area contributed by atoms with Gasteiger partial charge in [-0.25, -0.2) is 4.98 Å². The second-order valence-electron chi connectivity index (χ2n) is 3.24. The fraction of sp³-hybridized carbons (Fsp3) is 0.455. The third kappa shape index (κ3) is 2.02. The molecule has 0 aromatic carbocycles. The predicted molar refractivity (Wildman–Crippen MR) is 56.7 cm³/mol. The molecule has 0 aliphatic heterocycles.